The third kappa shape index (κ3) is 17.5. The largest absolute Gasteiger partial charge is 0.373 e. The summed E-state index contributed by atoms with van der Waals surface area (Å²) in [4.78, 5) is 14.9. The molecule has 0 aliphatic carbocycles. The first kappa shape index (κ1) is 21.4. The van der Waals surface area contributed by atoms with Gasteiger partial charge in [0, 0.05) is 6.42 Å². The Morgan fingerprint density at radius 1 is 0.636 bits per heavy atom. The molecular formula is C19H39NO2. The van der Waals surface area contributed by atoms with E-state index in [-0.39, 0.29) is 5.97 Å². The average Bonchev–Trinajstić information content (AvgIpc) is 2.54. The number of carbonyl (C=O) groups is 1. The van der Waals surface area contributed by atoms with E-state index in [4.69, 9.17) is 5.90 Å². The highest BCUT2D eigenvalue weighted by Gasteiger charge is 1.99. The Bertz CT molecular complexity index is 231. The Labute approximate surface area is 138 Å². The first-order valence-electron chi connectivity index (χ1n) is 9.70. The molecular weight excluding hydrogens is 274 g/mol. The molecule has 3 heteroatoms. The molecule has 0 radical (unpaired) electrons. The van der Waals surface area contributed by atoms with Gasteiger partial charge in [-0.25, -0.2) is 0 Å². The van der Waals surface area contributed by atoms with E-state index in [0.29, 0.717) is 6.42 Å². The van der Waals surface area contributed by atoms with Crippen LogP contribution in [0.4, 0.5) is 0 Å². The molecule has 3 nitrogen and oxygen atoms in total. The highest BCUT2D eigenvalue weighted by atomic mass is 16.7. The van der Waals surface area contributed by atoms with Crippen LogP contribution < -0.4 is 5.90 Å². The molecule has 0 saturated carbocycles. The second-order valence-corrected chi connectivity index (χ2v) is 6.54. The molecule has 0 aromatic rings. The van der Waals surface area contributed by atoms with Crippen LogP contribution in [0.3, 0.4) is 0 Å². The van der Waals surface area contributed by atoms with Gasteiger partial charge in [-0.15, -0.1) is 0 Å². The molecule has 0 unspecified atom stereocenters. The summed E-state index contributed by atoms with van der Waals surface area (Å²) in [6.07, 6.45) is 21.9. The van der Waals surface area contributed by atoms with Crippen LogP contribution in [-0.4, -0.2) is 5.97 Å². The minimum absolute atomic E-state index is 0.287. The quantitative estimate of drug-likeness (QED) is 0.262. The molecule has 132 valence electrons. The van der Waals surface area contributed by atoms with Gasteiger partial charge in [0.2, 0.25) is 0 Å². The van der Waals surface area contributed by atoms with Gasteiger partial charge in [-0.1, -0.05) is 103 Å². The molecule has 0 atom stereocenters. The van der Waals surface area contributed by atoms with Crippen LogP contribution in [-0.2, 0) is 9.63 Å². The smallest absolute Gasteiger partial charge is 0.324 e. The molecule has 0 aromatic heterocycles. The molecule has 0 saturated heterocycles. The van der Waals surface area contributed by atoms with Crippen molar-refractivity contribution in [2.75, 3.05) is 0 Å². The topological polar surface area (TPSA) is 52.3 Å². The van der Waals surface area contributed by atoms with Crippen molar-refractivity contribution < 1.29 is 9.63 Å². The fraction of sp³-hybridized carbons (Fsp3) is 0.947. The Morgan fingerprint density at radius 3 is 1.27 bits per heavy atom. The van der Waals surface area contributed by atoms with Crippen LogP contribution >= 0.6 is 0 Å². The number of nitrogens with two attached hydrogens (primary N) is 1. The third-order valence-corrected chi connectivity index (χ3v) is 4.37. The van der Waals surface area contributed by atoms with Gasteiger partial charge in [-0.3, -0.25) is 4.79 Å². The number of hydrogen-bond acceptors (Lipinski definition) is 3. The van der Waals surface area contributed by atoms with Crippen molar-refractivity contribution in [2.24, 2.45) is 5.90 Å². The molecule has 0 heterocycles. The van der Waals surface area contributed by atoms with Gasteiger partial charge < -0.3 is 4.84 Å². The van der Waals surface area contributed by atoms with Crippen molar-refractivity contribution >= 4 is 5.97 Å². The summed E-state index contributed by atoms with van der Waals surface area (Å²) in [5.74, 6) is 4.50. The lowest BCUT2D eigenvalue weighted by Crippen LogP contribution is -2.08. The van der Waals surface area contributed by atoms with Crippen molar-refractivity contribution in [3.8, 4) is 0 Å². The second kappa shape index (κ2) is 18.5. The summed E-state index contributed by atoms with van der Waals surface area (Å²) in [7, 11) is 0. The molecule has 2 N–H and O–H groups in total. The normalized spacial score (nSPS) is 10.8. The van der Waals surface area contributed by atoms with Gasteiger partial charge in [0.1, 0.15) is 0 Å². The Hall–Kier alpha value is -0.570. The van der Waals surface area contributed by atoms with Crippen LogP contribution in [0, 0.1) is 0 Å². The first-order chi connectivity index (χ1) is 10.8. The minimum atomic E-state index is -0.287. The Kier molecular flexibility index (Phi) is 18.0. The van der Waals surface area contributed by atoms with E-state index >= 15 is 0 Å². The number of carbonyl (C=O) groups excluding carboxylic acids is 1. The lowest BCUT2D eigenvalue weighted by atomic mass is 10.0. The van der Waals surface area contributed by atoms with Crippen LogP contribution in [0.15, 0.2) is 0 Å². The summed E-state index contributed by atoms with van der Waals surface area (Å²) in [6, 6.07) is 0. The molecule has 0 aliphatic heterocycles. The minimum Gasteiger partial charge on any atom is -0.373 e. The monoisotopic (exact) mass is 313 g/mol. The van der Waals surface area contributed by atoms with Crippen LogP contribution in [0.2, 0.25) is 0 Å². The van der Waals surface area contributed by atoms with E-state index in [1.807, 2.05) is 0 Å². The second-order valence-electron chi connectivity index (χ2n) is 6.54. The van der Waals surface area contributed by atoms with Crippen LogP contribution in [0.1, 0.15) is 116 Å². The van der Waals surface area contributed by atoms with Gasteiger partial charge in [0.25, 0.3) is 0 Å². The lowest BCUT2D eigenvalue weighted by molar-refractivity contribution is -0.144. The molecule has 0 aliphatic rings. The van der Waals surface area contributed by atoms with Crippen molar-refractivity contribution in [1.82, 2.24) is 0 Å². The zero-order valence-corrected chi connectivity index (χ0v) is 14.9. The van der Waals surface area contributed by atoms with Gasteiger partial charge in [0.05, 0.1) is 0 Å². The molecule has 0 spiro atoms. The summed E-state index contributed by atoms with van der Waals surface area (Å²) in [6.45, 7) is 2.28. The van der Waals surface area contributed by atoms with E-state index in [9.17, 15) is 4.79 Å². The predicted molar refractivity (Wildman–Crippen MR) is 94.4 cm³/mol. The average molecular weight is 314 g/mol. The fourth-order valence-corrected chi connectivity index (χ4v) is 2.88. The molecule has 22 heavy (non-hydrogen) atoms. The summed E-state index contributed by atoms with van der Waals surface area (Å²) in [5, 5.41) is 0. The van der Waals surface area contributed by atoms with Crippen LogP contribution in [0.5, 0.6) is 0 Å². The molecule has 0 amide bonds. The van der Waals surface area contributed by atoms with Crippen molar-refractivity contribution in [3.05, 3.63) is 0 Å². The van der Waals surface area contributed by atoms with Crippen LogP contribution in [0.25, 0.3) is 0 Å². The summed E-state index contributed by atoms with van der Waals surface area (Å²) in [5.41, 5.74) is 0. The predicted octanol–water partition coefficient (Wildman–Crippen LogP) is 6.05. The molecule has 0 aromatic carbocycles. The fourth-order valence-electron chi connectivity index (χ4n) is 2.88. The third-order valence-electron chi connectivity index (χ3n) is 4.37. The number of rotatable bonds is 17. The highest BCUT2D eigenvalue weighted by molar-refractivity contribution is 5.68. The van der Waals surface area contributed by atoms with Gasteiger partial charge >= 0.3 is 5.97 Å². The van der Waals surface area contributed by atoms with E-state index in [2.05, 4.69) is 11.8 Å². The summed E-state index contributed by atoms with van der Waals surface area (Å²) >= 11 is 0. The Balaban J connectivity index is 2.98. The first-order valence-corrected chi connectivity index (χ1v) is 9.70. The summed E-state index contributed by atoms with van der Waals surface area (Å²) < 4.78 is 0. The zero-order valence-electron chi connectivity index (χ0n) is 14.9. The lowest BCUT2D eigenvalue weighted by Gasteiger charge is -2.03. The Morgan fingerprint density at radius 2 is 0.955 bits per heavy atom. The molecule has 0 fully saturated rings. The number of unbranched alkanes of at least 4 members (excludes halogenated alkanes) is 15. The standard InChI is InChI=1S/C19H39NO2/c1-2-3-4-5-6-7-8-9-10-11-12-13-14-15-16-17-18-19(21)22-20/h2-18,20H2,1H3. The maximum atomic E-state index is 10.8. The van der Waals surface area contributed by atoms with E-state index in [1.165, 1.54) is 89.9 Å². The zero-order chi connectivity index (χ0) is 16.3. The molecule has 0 bridgehead atoms. The van der Waals surface area contributed by atoms with Gasteiger partial charge in [-0.2, -0.15) is 5.90 Å². The van der Waals surface area contributed by atoms with Crippen molar-refractivity contribution in [2.45, 2.75) is 116 Å². The maximum absolute atomic E-state index is 10.8. The highest BCUT2D eigenvalue weighted by Crippen LogP contribution is 2.13. The maximum Gasteiger partial charge on any atom is 0.324 e. The SMILES string of the molecule is CCCCCCCCCCCCCCCCCCC(=O)ON. The van der Waals surface area contributed by atoms with E-state index < -0.39 is 0 Å². The van der Waals surface area contributed by atoms with Crippen molar-refractivity contribution in [1.29, 1.82) is 0 Å². The van der Waals surface area contributed by atoms with Gasteiger partial charge in [-0.05, 0) is 6.42 Å². The number of hydrogen-bond donors (Lipinski definition) is 1. The van der Waals surface area contributed by atoms with E-state index in [0.717, 1.165) is 12.8 Å². The van der Waals surface area contributed by atoms with Gasteiger partial charge in [0.15, 0.2) is 0 Å². The molecule has 0 rings (SSSR count). The van der Waals surface area contributed by atoms with Crippen molar-refractivity contribution in [3.63, 3.8) is 0 Å². The van der Waals surface area contributed by atoms with E-state index in [1.54, 1.807) is 0 Å².